The molecule has 1 aliphatic heterocycles. The predicted octanol–water partition coefficient (Wildman–Crippen LogP) is 2.33. The molecule has 1 fully saturated rings. The maximum atomic E-state index is 11.3. The van der Waals surface area contributed by atoms with Crippen LogP contribution in [0.25, 0.3) is 0 Å². The number of benzene rings is 1. The van der Waals surface area contributed by atoms with Crippen LogP contribution < -0.4 is 16.4 Å². The highest BCUT2D eigenvalue weighted by Crippen LogP contribution is 2.13. The second-order valence-electron chi connectivity index (χ2n) is 6.81. The summed E-state index contributed by atoms with van der Waals surface area (Å²) in [4.78, 5) is 18.5. The monoisotopic (exact) mass is 473 g/mol. The van der Waals surface area contributed by atoms with Gasteiger partial charge in [-0.2, -0.15) is 0 Å². The number of guanidine groups is 1. The van der Waals surface area contributed by atoms with Crippen LogP contribution in [0.2, 0.25) is 0 Å². The van der Waals surface area contributed by atoms with E-state index < -0.39 is 5.91 Å². The van der Waals surface area contributed by atoms with E-state index in [0.717, 1.165) is 44.0 Å². The standard InChI is InChI=1S/C19H31N5O.HI/c1-4-21-19(23-17-8-10-24(11-9-17)14(2)3)22-13-15-6-5-7-16(12-15)18(20)25;/h5-7,12,14,17H,4,8-11,13H2,1-3H3,(H2,20,25)(H2,21,22,23);1H. The van der Waals surface area contributed by atoms with E-state index in [-0.39, 0.29) is 24.0 Å². The number of primary amides is 1. The van der Waals surface area contributed by atoms with Gasteiger partial charge in [0, 0.05) is 37.3 Å². The smallest absolute Gasteiger partial charge is 0.248 e. The zero-order valence-corrected chi connectivity index (χ0v) is 18.3. The highest BCUT2D eigenvalue weighted by atomic mass is 127. The van der Waals surface area contributed by atoms with Gasteiger partial charge in [0.15, 0.2) is 5.96 Å². The largest absolute Gasteiger partial charge is 0.366 e. The normalized spacial score (nSPS) is 16.2. The average molecular weight is 473 g/mol. The van der Waals surface area contributed by atoms with E-state index in [0.29, 0.717) is 24.2 Å². The van der Waals surface area contributed by atoms with Gasteiger partial charge in [0.25, 0.3) is 0 Å². The van der Waals surface area contributed by atoms with Gasteiger partial charge < -0.3 is 21.3 Å². The number of hydrogen-bond acceptors (Lipinski definition) is 3. The van der Waals surface area contributed by atoms with Crippen molar-refractivity contribution in [3.63, 3.8) is 0 Å². The van der Waals surface area contributed by atoms with Crippen LogP contribution in [0.15, 0.2) is 29.3 Å². The van der Waals surface area contributed by atoms with Gasteiger partial charge in [-0.15, -0.1) is 24.0 Å². The maximum Gasteiger partial charge on any atom is 0.248 e. The maximum absolute atomic E-state index is 11.3. The van der Waals surface area contributed by atoms with Crippen LogP contribution in [0.3, 0.4) is 0 Å². The van der Waals surface area contributed by atoms with Crippen molar-refractivity contribution in [3.8, 4) is 0 Å². The number of aliphatic imine (C=N–C) groups is 1. The number of nitrogens with zero attached hydrogens (tertiary/aromatic N) is 2. The molecule has 0 radical (unpaired) electrons. The summed E-state index contributed by atoms with van der Waals surface area (Å²) in [6.45, 7) is 10.1. The average Bonchev–Trinajstić information content (AvgIpc) is 2.60. The van der Waals surface area contributed by atoms with Crippen LogP contribution in [-0.2, 0) is 6.54 Å². The van der Waals surface area contributed by atoms with Crippen LogP contribution in [0, 0.1) is 0 Å². The summed E-state index contributed by atoms with van der Waals surface area (Å²) >= 11 is 0. The minimum Gasteiger partial charge on any atom is -0.366 e. The number of likely N-dealkylation sites (tertiary alicyclic amines) is 1. The van der Waals surface area contributed by atoms with Gasteiger partial charge in [0.05, 0.1) is 6.54 Å². The Morgan fingerprint density at radius 1 is 1.35 bits per heavy atom. The van der Waals surface area contributed by atoms with Gasteiger partial charge in [-0.25, -0.2) is 4.99 Å². The van der Waals surface area contributed by atoms with Gasteiger partial charge in [0.2, 0.25) is 5.91 Å². The number of rotatable bonds is 6. The molecule has 0 bridgehead atoms. The van der Waals surface area contributed by atoms with Gasteiger partial charge in [-0.05, 0) is 51.3 Å². The predicted molar refractivity (Wildman–Crippen MR) is 118 cm³/mol. The Morgan fingerprint density at radius 2 is 2.04 bits per heavy atom. The number of nitrogens with two attached hydrogens (primary N) is 1. The Balaban J connectivity index is 0.00000338. The van der Waals surface area contributed by atoms with Gasteiger partial charge in [-0.3, -0.25) is 4.79 Å². The molecule has 4 N–H and O–H groups in total. The highest BCUT2D eigenvalue weighted by molar-refractivity contribution is 14.0. The first kappa shape index (κ1) is 22.7. The van der Waals surface area contributed by atoms with Crippen molar-refractivity contribution >= 4 is 35.8 Å². The number of nitrogens with one attached hydrogen (secondary N) is 2. The van der Waals surface area contributed by atoms with Crippen molar-refractivity contribution in [3.05, 3.63) is 35.4 Å². The highest BCUT2D eigenvalue weighted by Gasteiger charge is 2.21. The fourth-order valence-electron chi connectivity index (χ4n) is 3.07. The second kappa shape index (κ2) is 11.4. The summed E-state index contributed by atoms with van der Waals surface area (Å²) in [5, 5.41) is 6.85. The molecule has 26 heavy (non-hydrogen) atoms. The lowest BCUT2D eigenvalue weighted by Crippen LogP contribution is -2.49. The molecule has 0 unspecified atom stereocenters. The summed E-state index contributed by atoms with van der Waals surface area (Å²) in [5.74, 6) is 0.419. The van der Waals surface area contributed by atoms with Gasteiger partial charge in [0.1, 0.15) is 0 Å². The number of halogens is 1. The third-order valence-corrected chi connectivity index (χ3v) is 4.58. The molecule has 0 atom stereocenters. The van der Waals surface area contributed by atoms with Crippen molar-refractivity contribution in [1.29, 1.82) is 0 Å². The fourth-order valence-corrected chi connectivity index (χ4v) is 3.07. The Bertz CT molecular complexity index is 597. The molecule has 1 heterocycles. The molecule has 0 aliphatic carbocycles. The lowest BCUT2D eigenvalue weighted by atomic mass is 10.0. The van der Waals surface area contributed by atoms with Crippen molar-refractivity contribution in [2.24, 2.45) is 10.7 Å². The Kier molecular flexibility index (Phi) is 9.93. The molecule has 0 spiro atoms. The zero-order chi connectivity index (χ0) is 18.2. The minimum atomic E-state index is -0.409. The lowest BCUT2D eigenvalue weighted by Gasteiger charge is -2.35. The molecule has 1 amide bonds. The molecule has 7 heteroatoms. The second-order valence-corrected chi connectivity index (χ2v) is 6.81. The van der Waals surface area contributed by atoms with E-state index in [1.807, 2.05) is 12.1 Å². The molecule has 0 saturated carbocycles. The summed E-state index contributed by atoms with van der Waals surface area (Å²) < 4.78 is 0. The summed E-state index contributed by atoms with van der Waals surface area (Å²) in [5.41, 5.74) is 6.83. The number of carbonyl (C=O) groups is 1. The van der Waals surface area contributed by atoms with Gasteiger partial charge in [-0.1, -0.05) is 12.1 Å². The van der Waals surface area contributed by atoms with Crippen molar-refractivity contribution in [1.82, 2.24) is 15.5 Å². The fraction of sp³-hybridized carbons (Fsp3) is 0.579. The van der Waals surface area contributed by atoms with Crippen LogP contribution >= 0.6 is 24.0 Å². The number of hydrogen-bond donors (Lipinski definition) is 3. The van der Waals surface area contributed by atoms with Crippen LogP contribution in [0.1, 0.15) is 49.5 Å². The first-order valence-corrected chi connectivity index (χ1v) is 9.17. The molecule has 2 rings (SSSR count). The molecule has 1 aromatic carbocycles. The first-order valence-electron chi connectivity index (χ1n) is 9.17. The molecular weight excluding hydrogens is 441 g/mol. The molecule has 1 aromatic rings. The lowest BCUT2D eigenvalue weighted by molar-refractivity contribution is 0.1000. The summed E-state index contributed by atoms with van der Waals surface area (Å²) in [6, 6.07) is 8.39. The minimum absolute atomic E-state index is 0. The Morgan fingerprint density at radius 3 is 2.62 bits per heavy atom. The van der Waals surface area contributed by atoms with E-state index in [1.54, 1.807) is 12.1 Å². The number of carbonyl (C=O) groups excluding carboxylic acids is 1. The van der Waals surface area contributed by atoms with E-state index in [1.165, 1.54) is 0 Å². The third-order valence-electron chi connectivity index (χ3n) is 4.58. The van der Waals surface area contributed by atoms with E-state index in [2.05, 4.69) is 41.3 Å². The zero-order valence-electron chi connectivity index (χ0n) is 16.0. The topological polar surface area (TPSA) is 82.7 Å². The number of amides is 1. The van der Waals surface area contributed by atoms with E-state index >= 15 is 0 Å². The van der Waals surface area contributed by atoms with Crippen LogP contribution in [0.5, 0.6) is 0 Å². The van der Waals surface area contributed by atoms with Crippen molar-refractivity contribution in [2.45, 2.75) is 52.2 Å². The summed E-state index contributed by atoms with van der Waals surface area (Å²) in [6.07, 6.45) is 2.25. The SMILES string of the molecule is CCNC(=NCc1cccc(C(N)=O)c1)NC1CCN(C(C)C)CC1.I. The van der Waals surface area contributed by atoms with Crippen LogP contribution in [-0.4, -0.2) is 48.5 Å². The molecule has 1 aliphatic rings. The molecule has 6 nitrogen and oxygen atoms in total. The van der Waals surface area contributed by atoms with Crippen LogP contribution in [0.4, 0.5) is 0 Å². The summed E-state index contributed by atoms with van der Waals surface area (Å²) in [7, 11) is 0. The molecule has 146 valence electrons. The third kappa shape index (κ3) is 7.11. The van der Waals surface area contributed by atoms with Crippen molar-refractivity contribution in [2.75, 3.05) is 19.6 Å². The quantitative estimate of drug-likeness (QED) is 0.337. The first-order chi connectivity index (χ1) is 12.0. The van der Waals surface area contributed by atoms with Crippen molar-refractivity contribution < 1.29 is 4.79 Å². The van der Waals surface area contributed by atoms with E-state index in [9.17, 15) is 4.79 Å². The van der Waals surface area contributed by atoms with Gasteiger partial charge >= 0.3 is 0 Å². The van der Waals surface area contributed by atoms with E-state index in [4.69, 9.17) is 5.73 Å². The number of piperidine rings is 1. The molecular formula is C19H32IN5O. The Hall–Kier alpha value is -1.35. The Labute approximate surface area is 174 Å². The molecule has 0 aromatic heterocycles. The molecule has 1 saturated heterocycles.